The van der Waals surface area contributed by atoms with Crippen LogP contribution in [0.25, 0.3) is 120 Å². The molecule has 0 aliphatic heterocycles. The van der Waals surface area contributed by atoms with Gasteiger partial charge in [-0.1, -0.05) is 212 Å². The van der Waals surface area contributed by atoms with E-state index in [2.05, 4.69) is 212 Å². The van der Waals surface area contributed by atoms with Gasteiger partial charge in [0.05, 0.1) is 22.6 Å². The fourth-order valence-corrected chi connectivity index (χ4v) is 10.3. The maximum absolute atomic E-state index is 5.22. The highest BCUT2D eigenvalue weighted by Crippen LogP contribution is 2.46. The van der Waals surface area contributed by atoms with Crippen LogP contribution in [-0.2, 0) is 0 Å². The summed E-state index contributed by atoms with van der Waals surface area (Å²) in [6.07, 6.45) is 0. The van der Waals surface area contributed by atoms with Gasteiger partial charge in [0.1, 0.15) is 0 Å². The molecule has 0 unspecified atom stereocenters. The van der Waals surface area contributed by atoms with Crippen molar-refractivity contribution in [2.75, 3.05) is 0 Å². The summed E-state index contributed by atoms with van der Waals surface area (Å²) in [7, 11) is 0. The van der Waals surface area contributed by atoms with Crippen molar-refractivity contribution in [1.29, 1.82) is 0 Å². The Morgan fingerprint density at radius 1 is 0.286 bits per heavy atom. The van der Waals surface area contributed by atoms with Gasteiger partial charge < -0.3 is 0 Å². The van der Waals surface area contributed by atoms with Crippen LogP contribution in [0.3, 0.4) is 0 Å². The fourth-order valence-electron chi connectivity index (χ4n) is 8.93. The van der Waals surface area contributed by atoms with Crippen molar-refractivity contribution in [3.63, 3.8) is 0 Å². The lowest BCUT2D eigenvalue weighted by Gasteiger charge is -2.11. The third kappa shape index (κ3) is 6.65. The van der Waals surface area contributed by atoms with Crippen molar-refractivity contribution >= 4 is 53.2 Å². The highest BCUT2D eigenvalue weighted by molar-refractivity contribution is 7.27. The summed E-state index contributed by atoms with van der Waals surface area (Å²) in [6.45, 7) is 0. The van der Waals surface area contributed by atoms with Gasteiger partial charge in [0.25, 0.3) is 0 Å². The number of hydrogen-bond acceptors (Lipinski definition) is 4. The Labute approximate surface area is 369 Å². The zero-order chi connectivity index (χ0) is 41.7. The predicted octanol–water partition coefficient (Wildman–Crippen LogP) is 16.2. The van der Waals surface area contributed by atoms with E-state index in [1.54, 1.807) is 0 Å². The molecule has 0 spiro atoms. The Morgan fingerprint density at radius 3 is 1.37 bits per heavy atom. The first-order valence-electron chi connectivity index (χ1n) is 21.3. The molecular weight excluding hydrogens is 783 g/mol. The molecule has 12 rings (SSSR count). The van der Waals surface area contributed by atoms with Gasteiger partial charge >= 0.3 is 0 Å². The molecule has 3 nitrogen and oxygen atoms in total. The molecule has 0 saturated carbocycles. The monoisotopic (exact) mass is 819 g/mol. The Morgan fingerprint density at radius 2 is 0.746 bits per heavy atom. The normalized spacial score (nSPS) is 11.5. The molecule has 0 aliphatic carbocycles. The van der Waals surface area contributed by atoms with Crippen molar-refractivity contribution in [2.45, 2.75) is 0 Å². The van der Waals surface area contributed by atoms with Crippen LogP contribution in [0.4, 0.5) is 0 Å². The largest absolute Gasteiger partial charge is 0.247 e. The fraction of sp³-hybridized carbons (Fsp3) is 0. The van der Waals surface area contributed by atoms with E-state index >= 15 is 0 Å². The molecule has 3 heterocycles. The number of thiophene rings is 1. The quantitative estimate of drug-likeness (QED) is 0.150. The SMILES string of the molecule is c1ccc(-c2ccc(-c3cc(-c4ccc(-c5cccc6c5sc5c6ccc6c(-c7ccccc7)nc7ccccc7c65)cc4)nc(-c4ccc(-c5ccccc5)cc4)n3)cc2)cc1. The van der Waals surface area contributed by atoms with E-state index in [4.69, 9.17) is 15.0 Å². The molecule has 12 aromatic rings. The standard InChI is InChI=1S/C59H37N3S/c1-4-13-38(14-5-1)40-23-29-43(30-24-40)53-37-54(62-59(61-53)46-33-25-41(26-34-46)39-15-6-2-7-16-39)44-31-27-42(28-32-44)47-20-12-21-48-49-35-36-51-55(58(49)63-57(47)48)50-19-10-11-22-52(50)60-56(51)45-17-8-3-9-18-45/h1-37H. The highest BCUT2D eigenvalue weighted by Gasteiger charge is 2.18. The van der Waals surface area contributed by atoms with Gasteiger partial charge in [0.2, 0.25) is 0 Å². The summed E-state index contributed by atoms with van der Waals surface area (Å²) in [5.41, 5.74) is 15.0. The number of benzene rings is 9. The lowest BCUT2D eigenvalue weighted by Crippen LogP contribution is -1.96. The molecule has 0 atom stereocenters. The number of aromatic nitrogens is 3. The molecule has 0 bridgehead atoms. The van der Waals surface area contributed by atoms with E-state index in [1.165, 1.54) is 64.1 Å². The summed E-state index contributed by atoms with van der Waals surface area (Å²) in [5, 5.41) is 6.15. The third-order valence-corrected chi connectivity index (χ3v) is 13.4. The molecule has 0 N–H and O–H groups in total. The first-order valence-corrected chi connectivity index (χ1v) is 22.1. The molecule has 4 heteroatoms. The first kappa shape index (κ1) is 36.8. The van der Waals surface area contributed by atoms with Crippen molar-refractivity contribution < 1.29 is 0 Å². The molecule has 63 heavy (non-hydrogen) atoms. The van der Waals surface area contributed by atoms with Crippen molar-refractivity contribution in [3.05, 3.63) is 224 Å². The summed E-state index contributed by atoms with van der Waals surface area (Å²) >= 11 is 1.88. The minimum atomic E-state index is 0.693. The summed E-state index contributed by atoms with van der Waals surface area (Å²) < 4.78 is 2.57. The second-order valence-electron chi connectivity index (χ2n) is 15.9. The molecule has 294 valence electrons. The lowest BCUT2D eigenvalue weighted by atomic mass is 9.97. The average molecular weight is 820 g/mol. The number of fused-ring (bicyclic) bond motifs is 7. The Kier molecular flexibility index (Phi) is 9.02. The van der Waals surface area contributed by atoms with E-state index < -0.39 is 0 Å². The van der Waals surface area contributed by atoms with Gasteiger partial charge in [-0.15, -0.1) is 11.3 Å². The molecular formula is C59H37N3S. The van der Waals surface area contributed by atoms with Gasteiger partial charge in [0, 0.05) is 58.6 Å². The van der Waals surface area contributed by atoms with Crippen LogP contribution in [0, 0.1) is 0 Å². The molecule has 9 aromatic carbocycles. The van der Waals surface area contributed by atoms with Gasteiger partial charge in [-0.05, 0) is 45.5 Å². The zero-order valence-electron chi connectivity index (χ0n) is 34.1. The maximum Gasteiger partial charge on any atom is 0.160 e. The van der Waals surface area contributed by atoms with Gasteiger partial charge in [0.15, 0.2) is 5.82 Å². The number of pyridine rings is 1. The van der Waals surface area contributed by atoms with Crippen LogP contribution in [0.2, 0.25) is 0 Å². The zero-order valence-corrected chi connectivity index (χ0v) is 34.9. The molecule has 3 aromatic heterocycles. The summed E-state index contributed by atoms with van der Waals surface area (Å²) in [6, 6.07) is 79.6. The molecule has 0 saturated heterocycles. The van der Waals surface area contributed by atoms with Crippen molar-refractivity contribution in [1.82, 2.24) is 15.0 Å². The van der Waals surface area contributed by atoms with Crippen LogP contribution in [0.5, 0.6) is 0 Å². The van der Waals surface area contributed by atoms with Crippen LogP contribution in [0.1, 0.15) is 0 Å². The third-order valence-electron chi connectivity index (χ3n) is 12.1. The van der Waals surface area contributed by atoms with Crippen LogP contribution in [-0.4, -0.2) is 15.0 Å². The van der Waals surface area contributed by atoms with E-state index in [9.17, 15) is 0 Å². The number of nitrogens with zero attached hydrogens (tertiary/aromatic N) is 3. The van der Waals surface area contributed by atoms with Gasteiger partial charge in [-0.3, -0.25) is 0 Å². The smallest absolute Gasteiger partial charge is 0.160 e. The average Bonchev–Trinajstić information content (AvgIpc) is 3.76. The number of para-hydroxylation sites is 1. The molecule has 0 radical (unpaired) electrons. The van der Waals surface area contributed by atoms with Crippen LogP contribution in [0.15, 0.2) is 224 Å². The second-order valence-corrected chi connectivity index (χ2v) is 16.9. The first-order chi connectivity index (χ1) is 31.2. The number of hydrogen-bond donors (Lipinski definition) is 0. The molecule has 0 aliphatic rings. The van der Waals surface area contributed by atoms with E-state index in [0.29, 0.717) is 5.82 Å². The topological polar surface area (TPSA) is 38.7 Å². The predicted molar refractivity (Wildman–Crippen MR) is 266 cm³/mol. The molecule has 0 amide bonds. The maximum atomic E-state index is 5.22. The Hall–Kier alpha value is -8.05. The molecule has 0 fully saturated rings. The summed E-state index contributed by atoms with van der Waals surface area (Å²) in [5.74, 6) is 0.693. The minimum Gasteiger partial charge on any atom is -0.247 e. The van der Waals surface area contributed by atoms with Gasteiger partial charge in [-0.2, -0.15) is 0 Å². The van der Waals surface area contributed by atoms with Crippen molar-refractivity contribution in [2.24, 2.45) is 0 Å². The Bertz CT molecular complexity index is 3520. The second kappa shape index (κ2) is 15.4. The van der Waals surface area contributed by atoms with Crippen LogP contribution >= 0.6 is 11.3 Å². The Balaban J connectivity index is 0.958. The summed E-state index contributed by atoms with van der Waals surface area (Å²) in [4.78, 5) is 15.6. The van der Waals surface area contributed by atoms with Gasteiger partial charge in [-0.25, -0.2) is 15.0 Å². The number of rotatable bonds is 7. The lowest BCUT2D eigenvalue weighted by molar-refractivity contribution is 1.18. The van der Waals surface area contributed by atoms with Crippen LogP contribution < -0.4 is 0 Å². The van der Waals surface area contributed by atoms with E-state index in [-0.39, 0.29) is 0 Å². The van der Waals surface area contributed by atoms with E-state index in [0.717, 1.165) is 50.4 Å². The van der Waals surface area contributed by atoms with Crippen molar-refractivity contribution in [3.8, 4) is 78.5 Å². The highest BCUT2D eigenvalue weighted by atomic mass is 32.1. The van der Waals surface area contributed by atoms with E-state index in [1.807, 2.05) is 23.5 Å². The minimum absolute atomic E-state index is 0.693.